The van der Waals surface area contributed by atoms with E-state index in [-0.39, 0.29) is 36.7 Å². The largest absolute Gasteiger partial charge is 0.368 e. The first kappa shape index (κ1) is 25.0. The number of nitrogens with one attached hydrogen (secondary N) is 1. The highest BCUT2D eigenvalue weighted by Gasteiger charge is 2.33. The molecular formula is C29H35N5O3. The summed E-state index contributed by atoms with van der Waals surface area (Å²) in [5, 5.41) is 1.25. The van der Waals surface area contributed by atoms with Gasteiger partial charge in [-0.1, -0.05) is 24.3 Å². The van der Waals surface area contributed by atoms with Gasteiger partial charge in [-0.2, -0.15) is 0 Å². The van der Waals surface area contributed by atoms with Crippen LogP contribution in [0.4, 0.5) is 11.4 Å². The summed E-state index contributed by atoms with van der Waals surface area (Å²) in [6, 6.07) is 16.7. The molecule has 1 saturated heterocycles. The molecule has 2 aromatic carbocycles. The second kappa shape index (κ2) is 10.8. The number of para-hydroxylation sites is 1. The van der Waals surface area contributed by atoms with Crippen molar-refractivity contribution < 1.29 is 14.4 Å². The maximum atomic E-state index is 13.5. The number of fused-ring (bicyclic) bond motifs is 2. The number of anilines is 2. The fourth-order valence-corrected chi connectivity index (χ4v) is 5.79. The summed E-state index contributed by atoms with van der Waals surface area (Å²) in [5.41, 5.74) is 4.55. The van der Waals surface area contributed by atoms with Crippen LogP contribution in [0.5, 0.6) is 0 Å². The lowest BCUT2D eigenvalue weighted by Gasteiger charge is -2.42. The number of rotatable bonds is 6. The minimum atomic E-state index is -0.330. The normalized spacial score (nSPS) is 18.1. The Hall–Kier alpha value is -3.65. The molecule has 0 aliphatic carbocycles. The fraction of sp³-hybridized carbons (Fsp3) is 0.414. The maximum absolute atomic E-state index is 13.5. The Morgan fingerprint density at radius 3 is 2.41 bits per heavy atom. The zero-order valence-corrected chi connectivity index (χ0v) is 21.7. The molecule has 0 radical (unpaired) electrons. The molecule has 37 heavy (non-hydrogen) atoms. The zero-order valence-electron chi connectivity index (χ0n) is 21.7. The molecule has 2 aliphatic heterocycles. The quantitative estimate of drug-likeness (QED) is 0.560. The van der Waals surface area contributed by atoms with E-state index in [1.165, 1.54) is 30.5 Å². The first-order valence-corrected chi connectivity index (χ1v) is 13.1. The van der Waals surface area contributed by atoms with Gasteiger partial charge in [-0.3, -0.25) is 24.2 Å². The van der Waals surface area contributed by atoms with Gasteiger partial charge in [0.15, 0.2) is 0 Å². The summed E-state index contributed by atoms with van der Waals surface area (Å²) in [6.07, 6.45) is 3.95. The molecule has 8 heteroatoms. The van der Waals surface area contributed by atoms with Crippen LogP contribution in [0, 0.1) is 0 Å². The van der Waals surface area contributed by atoms with Gasteiger partial charge in [-0.05, 0) is 42.7 Å². The molecule has 194 valence electrons. The van der Waals surface area contributed by atoms with E-state index in [1.54, 1.807) is 0 Å². The van der Waals surface area contributed by atoms with Crippen molar-refractivity contribution in [3.05, 3.63) is 60.3 Å². The van der Waals surface area contributed by atoms with Gasteiger partial charge >= 0.3 is 0 Å². The zero-order chi connectivity index (χ0) is 25.9. The Morgan fingerprint density at radius 1 is 0.919 bits per heavy atom. The number of aromatic nitrogens is 1. The second-order valence-corrected chi connectivity index (χ2v) is 10.0. The topological polar surface area (TPSA) is 80.0 Å². The third-order valence-corrected chi connectivity index (χ3v) is 7.70. The number of carbonyl (C=O) groups is 3. The van der Waals surface area contributed by atoms with E-state index in [2.05, 4.69) is 45.1 Å². The highest BCUT2D eigenvalue weighted by Crippen LogP contribution is 2.32. The molecule has 5 rings (SSSR count). The lowest BCUT2D eigenvalue weighted by Crippen LogP contribution is -2.54. The molecule has 8 nitrogen and oxygen atoms in total. The van der Waals surface area contributed by atoms with Crippen LogP contribution in [0.1, 0.15) is 32.3 Å². The van der Waals surface area contributed by atoms with E-state index >= 15 is 0 Å². The maximum Gasteiger partial charge on any atom is 0.229 e. The van der Waals surface area contributed by atoms with Gasteiger partial charge in [-0.25, -0.2) is 0 Å². The number of aromatic amines is 1. The third kappa shape index (κ3) is 5.25. The van der Waals surface area contributed by atoms with Crippen LogP contribution in [0.25, 0.3) is 10.9 Å². The molecule has 3 heterocycles. The van der Waals surface area contributed by atoms with Crippen LogP contribution in [-0.2, 0) is 20.8 Å². The summed E-state index contributed by atoms with van der Waals surface area (Å²) in [5.74, 6) is -0.699. The summed E-state index contributed by atoms with van der Waals surface area (Å²) >= 11 is 0. The van der Waals surface area contributed by atoms with Gasteiger partial charge < -0.3 is 14.8 Å². The average molecular weight is 502 g/mol. The molecule has 0 bridgehead atoms. The van der Waals surface area contributed by atoms with E-state index in [0.29, 0.717) is 0 Å². The van der Waals surface area contributed by atoms with Gasteiger partial charge in [0.25, 0.3) is 0 Å². The number of imide groups is 1. The van der Waals surface area contributed by atoms with E-state index in [0.717, 1.165) is 61.7 Å². The molecule has 1 unspecified atom stereocenters. The van der Waals surface area contributed by atoms with Crippen molar-refractivity contribution in [3.8, 4) is 0 Å². The molecule has 3 aromatic rings. The number of nitrogens with zero attached hydrogens (tertiary/aromatic N) is 4. The number of aryl methyl sites for hydroxylation is 1. The molecule has 0 spiro atoms. The number of H-pyrrole nitrogens is 1. The molecule has 3 amide bonds. The number of hydrogen-bond donors (Lipinski definition) is 1. The standard InChI is InChI=1S/C29H35N5O3/c1-21(35)33(22(2)36)15-13-29(37)34-24(11-10-23-6-3-4-8-27(23)34)20-31-16-18-32(19-17-31)28-9-5-7-26-25(28)12-14-30-26/h3-9,12,14,24,30H,10-11,13,15-20H2,1-2H3. The molecule has 1 fully saturated rings. The Balaban J connectivity index is 1.27. The Labute approximate surface area is 217 Å². The van der Waals surface area contributed by atoms with Crippen LogP contribution < -0.4 is 9.80 Å². The summed E-state index contributed by atoms with van der Waals surface area (Å²) in [6.45, 7) is 7.39. The smallest absolute Gasteiger partial charge is 0.229 e. The number of benzene rings is 2. The van der Waals surface area contributed by atoms with Gasteiger partial charge in [-0.15, -0.1) is 0 Å². The highest BCUT2D eigenvalue weighted by atomic mass is 16.2. The molecule has 1 atom stereocenters. The van der Waals surface area contributed by atoms with Gasteiger partial charge in [0, 0.05) is 94.1 Å². The molecule has 2 aliphatic rings. The average Bonchev–Trinajstić information content (AvgIpc) is 3.38. The molecule has 1 aromatic heterocycles. The Kier molecular flexibility index (Phi) is 7.28. The van der Waals surface area contributed by atoms with Crippen molar-refractivity contribution in [2.45, 2.75) is 39.2 Å². The van der Waals surface area contributed by atoms with Crippen molar-refractivity contribution in [2.75, 3.05) is 49.1 Å². The summed E-state index contributed by atoms with van der Waals surface area (Å²) in [4.78, 5) is 48.5. The van der Waals surface area contributed by atoms with E-state index < -0.39 is 0 Å². The fourth-order valence-electron chi connectivity index (χ4n) is 5.79. The monoisotopic (exact) mass is 501 g/mol. The molecular weight excluding hydrogens is 466 g/mol. The van der Waals surface area contributed by atoms with Crippen molar-refractivity contribution in [1.82, 2.24) is 14.8 Å². The van der Waals surface area contributed by atoms with Gasteiger partial charge in [0.1, 0.15) is 0 Å². The number of hydrogen-bond acceptors (Lipinski definition) is 5. The SMILES string of the molecule is CC(=O)N(CCC(=O)N1c2ccccc2CCC1CN1CCN(c2cccc3[nH]ccc23)CC1)C(C)=O. The lowest BCUT2D eigenvalue weighted by atomic mass is 9.94. The van der Waals surface area contributed by atoms with E-state index in [9.17, 15) is 14.4 Å². The second-order valence-electron chi connectivity index (χ2n) is 10.0. The third-order valence-electron chi connectivity index (χ3n) is 7.70. The van der Waals surface area contributed by atoms with E-state index in [1.807, 2.05) is 29.3 Å². The van der Waals surface area contributed by atoms with E-state index in [4.69, 9.17) is 0 Å². The summed E-state index contributed by atoms with van der Waals surface area (Å²) < 4.78 is 0. The number of amides is 3. The Morgan fingerprint density at radius 2 is 1.65 bits per heavy atom. The first-order chi connectivity index (χ1) is 17.9. The number of carbonyl (C=O) groups excluding carboxylic acids is 3. The predicted molar refractivity (Wildman–Crippen MR) is 146 cm³/mol. The molecule has 1 N–H and O–H groups in total. The first-order valence-electron chi connectivity index (χ1n) is 13.1. The van der Waals surface area contributed by atoms with Crippen LogP contribution in [-0.4, -0.2) is 77.8 Å². The van der Waals surface area contributed by atoms with Crippen molar-refractivity contribution in [1.29, 1.82) is 0 Å². The van der Waals surface area contributed by atoms with Crippen molar-refractivity contribution in [2.24, 2.45) is 0 Å². The number of piperazine rings is 1. The predicted octanol–water partition coefficient (Wildman–Crippen LogP) is 3.42. The van der Waals surface area contributed by atoms with Crippen molar-refractivity contribution in [3.63, 3.8) is 0 Å². The van der Waals surface area contributed by atoms with Gasteiger partial charge in [0.2, 0.25) is 17.7 Å². The van der Waals surface area contributed by atoms with Crippen LogP contribution in [0.3, 0.4) is 0 Å². The van der Waals surface area contributed by atoms with Crippen LogP contribution >= 0.6 is 0 Å². The summed E-state index contributed by atoms with van der Waals surface area (Å²) in [7, 11) is 0. The van der Waals surface area contributed by atoms with Crippen molar-refractivity contribution >= 4 is 40.0 Å². The lowest BCUT2D eigenvalue weighted by molar-refractivity contribution is -0.142. The van der Waals surface area contributed by atoms with Gasteiger partial charge in [0.05, 0.1) is 0 Å². The Bertz CT molecular complexity index is 1280. The minimum Gasteiger partial charge on any atom is -0.368 e. The van der Waals surface area contributed by atoms with Crippen LogP contribution in [0.15, 0.2) is 54.7 Å². The van der Waals surface area contributed by atoms with Crippen LogP contribution in [0.2, 0.25) is 0 Å². The molecule has 0 saturated carbocycles. The highest BCUT2D eigenvalue weighted by molar-refractivity contribution is 5.97. The minimum absolute atomic E-state index is 0.0394.